The Labute approximate surface area is 129 Å². The Balaban J connectivity index is 2.10. The number of hydrogen-bond acceptors (Lipinski definition) is 1. The van der Waals surface area contributed by atoms with Crippen molar-refractivity contribution in [2.75, 3.05) is 0 Å². The van der Waals surface area contributed by atoms with E-state index in [1.54, 1.807) is 0 Å². The molecule has 0 bridgehead atoms. The summed E-state index contributed by atoms with van der Waals surface area (Å²) in [5.41, 5.74) is 10.1. The first-order chi connectivity index (χ1) is 9.37. The van der Waals surface area contributed by atoms with Crippen LogP contribution in [0, 0.1) is 5.41 Å². The summed E-state index contributed by atoms with van der Waals surface area (Å²) in [4.78, 5) is 0. The summed E-state index contributed by atoms with van der Waals surface area (Å²) in [6.07, 6.45) is 4.11. The topological polar surface area (TPSA) is 30.9 Å². The van der Waals surface area contributed by atoms with E-state index in [1.165, 1.54) is 11.3 Å². The molecule has 1 aromatic carbocycles. The highest BCUT2D eigenvalue weighted by Gasteiger charge is 2.32. The summed E-state index contributed by atoms with van der Waals surface area (Å²) in [5.74, 6) is 0. The molecule has 20 heavy (non-hydrogen) atoms. The van der Waals surface area contributed by atoms with Crippen LogP contribution in [0.4, 0.5) is 0 Å². The number of hydrogen-bond donors (Lipinski definition) is 1. The van der Waals surface area contributed by atoms with Gasteiger partial charge in [0.15, 0.2) is 0 Å². The maximum absolute atomic E-state index is 6.31. The van der Waals surface area contributed by atoms with Gasteiger partial charge in [-0.15, -0.1) is 0 Å². The average Bonchev–Trinajstić information content (AvgIpc) is 2.75. The molecule has 2 aromatic rings. The molecule has 0 radical (unpaired) electrons. The largest absolute Gasteiger partial charge is 0.324 e. The molecule has 2 N–H and O–H groups in total. The molecule has 1 aliphatic rings. The fraction of sp³-hybridized carbons (Fsp3) is 0.375. The van der Waals surface area contributed by atoms with Crippen molar-refractivity contribution < 1.29 is 0 Å². The molecule has 1 unspecified atom stereocenters. The van der Waals surface area contributed by atoms with Gasteiger partial charge in [-0.2, -0.15) is 0 Å². The van der Waals surface area contributed by atoms with E-state index < -0.39 is 0 Å². The summed E-state index contributed by atoms with van der Waals surface area (Å²) in [6.45, 7) is 4.53. The van der Waals surface area contributed by atoms with E-state index in [9.17, 15) is 0 Å². The minimum absolute atomic E-state index is 0.109. The highest BCUT2D eigenvalue weighted by molar-refractivity contribution is 6.42. The van der Waals surface area contributed by atoms with E-state index in [1.807, 2.05) is 18.2 Å². The zero-order valence-corrected chi connectivity index (χ0v) is 13.2. The predicted molar refractivity (Wildman–Crippen MR) is 84.8 cm³/mol. The van der Waals surface area contributed by atoms with Crippen LogP contribution in [0.2, 0.25) is 10.0 Å². The Bertz CT molecular complexity index is 658. The van der Waals surface area contributed by atoms with Gasteiger partial charge in [0.2, 0.25) is 0 Å². The maximum Gasteiger partial charge on any atom is 0.0613 e. The van der Waals surface area contributed by atoms with Crippen LogP contribution in [-0.4, -0.2) is 4.57 Å². The lowest BCUT2D eigenvalue weighted by Crippen LogP contribution is -2.30. The third-order valence-electron chi connectivity index (χ3n) is 4.03. The number of rotatable bonds is 1. The van der Waals surface area contributed by atoms with Crippen molar-refractivity contribution in [3.8, 4) is 5.69 Å². The molecular formula is C16H18Cl2N2. The molecule has 0 spiro atoms. The standard InChI is InChI=1S/C16H18Cl2N2/c1-16(2)8-14(19)11-5-6-20(15(11)9-16)10-3-4-12(17)13(18)7-10/h3-7,14H,8-9,19H2,1-2H3. The number of benzene rings is 1. The van der Waals surface area contributed by atoms with Gasteiger partial charge in [-0.1, -0.05) is 37.0 Å². The minimum atomic E-state index is 0.109. The first-order valence-electron chi connectivity index (χ1n) is 6.78. The van der Waals surface area contributed by atoms with Gasteiger partial charge < -0.3 is 10.3 Å². The van der Waals surface area contributed by atoms with E-state index in [-0.39, 0.29) is 11.5 Å². The van der Waals surface area contributed by atoms with Crippen molar-refractivity contribution in [2.24, 2.45) is 11.1 Å². The number of fused-ring (bicyclic) bond motifs is 1. The summed E-state index contributed by atoms with van der Waals surface area (Å²) in [7, 11) is 0. The minimum Gasteiger partial charge on any atom is -0.324 e. The van der Waals surface area contributed by atoms with Gasteiger partial charge in [0.05, 0.1) is 10.0 Å². The van der Waals surface area contributed by atoms with E-state index in [4.69, 9.17) is 28.9 Å². The highest BCUT2D eigenvalue weighted by Crippen LogP contribution is 2.41. The lowest BCUT2D eigenvalue weighted by atomic mass is 9.74. The lowest BCUT2D eigenvalue weighted by molar-refractivity contribution is 0.278. The van der Waals surface area contributed by atoms with Gasteiger partial charge >= 0.3 is 0 Å². The average molecular weight is 309 g/mol. The van der Waals surface area contributed by atoms with Gasteiger partial charge in [0.25, 0.3) is 0 Å². The number of aromatic nitrogens is 1. The second-order valence-corrected chi connectivity index (χ2v) is 7.15. The highest BCUT2D eigenvalue weighted by atomic mass is 35.5. The maximum atomic E-state index is 6.31. The van der Waals surface area contributed by atoms with E-state index in [0.29, 0.717) is 10.0 Å². The second-order valence-electron chi connectivity index (χ2n) is 6.34. The molecule has 4 heteroatoms. The Morgan fingerprint density at radius 3 is 2.65 bits per heavy atom. The fourth-order valence-electron chi connectivity index (χ4n) is 3.11. The molecule has 0 aliphatic heterocycles. The molecule has 1 atom stereocenters. The van der Waals surface area contributed by atoms with Gasteiger partial charge in [0.1, 0.15) is 0 Å². The monoisotopic (exact) mass is 308 g/mol. The van der Waals surface area contributed by atoms with Crippen LogP contribution < -0.4 is 5.73 Å². The fourth-order valence-corrected chi connectivity index (χ4v) is 3.40. The Morgan fingerprint density at radius 2 is 1.95 bits per heavy atom. The molecule has 1 heterocycles. The van der Waals surface area contributed by atoms with E-state index in [2.05, 4.69) is 30.7 Å². The third-order valence-corrected chi connectivity index (χ3v) is 4.77. The van der Waals surface area contributed by atoms with Crippen molar-refractivity contribution in [1.29, 1.82) is 0 Å². The lowest BCUT2D eigenvalue weighted by Gasteiger charge is -2.34. The van der Waals surface area contributed by atoms with Gasteiger partial charge in [-0.3, -0.25) is 0 Å². The molecule has 2 nitrogen and oxygen atoms in total. The molecule has 1 aromatic heterocycles. The number of nitrogens with zero attached hydrogens (tertiary/aromatic N) is 1. The van der Waals surface area contributed by atoms with Crippen LogP contribution in [0.5, 0.6) is 0 Å². The van der Waals surface area contributed by atoms with E-state index >= 15 is 0 Å². The predicted octanol–water partition coefficient (Wildman–Crippen LogP) is 4.76. The van der Waals surface area contributed by atoms with Crippen LogP contribution >= 0.6 is 23.2 Å². The summed E-state index contributed by atoms with van der Waals surface area (Å²) < 4.78 is 2.18. The molecule has 0 amide bonds. The van der Waals surface area contributed by atoms with Gasteiger partial charge in [-0.05, 0) is 48.1 Å². The molecule has 0 saturated heterocycles. The zero-order valence-electron chi connectivity index (χ0n) is 11.7. The summed E-state index contributed by atoms with van der Waals surface area (Å²) >= 11 is 12.1. The van der Waals surface area contributed by atoms with Gasteiger partial charge in [-0.25, -0.2) is 0 Å². The number of halogens is 2. The molecule has 3 rings (SSSR count). The molecular weight excluding hydrogens is 291 g/mol. The smallest absolute Gasteiger partial charge is 0.0613 e. The molecule has 0 saturated carbocycles. The third kappa shape index (κ3) is 2.37. The van der Waals surface area contributed by atoms with Crippen molar-refractivity contribution in [3.63, 3.8) is 0 Å². The van der Waals surface area contributed by atoms with Crippen molar-refractivity contribution >= 4 is 23.2 Å². The number of nitrogens with two attached hydrogens (primary N) is 1. The van der Waals surface area contributed by atoms with Crippen molar-refractivity contribution in [3.05, 3.63) is 51.8 Å². The van der Waals surface area contributed by atoms with Crippen molar-refractivity contribution in [2.45, 2.75) is 32.7 Å². The SMILES string of the molecule is CC1(C)Cc2c(ccn2-c2ccc(Cl)c(Cl)c2)C(N)C1. The second kappa shape index (κ2) is 4.80. The molecule has 1 aliphatic carbocycles. The van der Waals surface area contributed by atoms with Crippen LogP contribution in [-0.2, 0) is 6.42 Å². The summed E-state index contributed by atoms with van der Waals surface area (Å²) in [6, 6.07) is 7.95. The summed E-state index contributed by atoms with van der Waals surface area (Å²) in [5, 5.41) is 1.15. The quantitative estimate of drug-likeness (QED) is 0.809. The van der Waals surface area contributed by atoms with Gasteiger partial charge in [0, 0.05) is 23.6 Å². The Kier molecular flexibility index (Phi) is 3.36. The Hall–Kier alpha value is -0.960. The van der Waals surface area contributed by atoms with Crippen LogP contribution in [0.1, 0.15) is 37.6 Å². The Morgan fingerprint density at radius 1 is 1.20 bits per heavy atom. The van der Waals surface area contributed by atoms with Crippen LogP contribution in [0.15, 0.2) is 30.5 Å². The zero-order chi connectivity index (χ0) is 14.5. The first kappa shape index (κ1) is 14.0. The molecule has 106 valence electrons. The van der Waals surface area contributed by atoms with Crippen LogP contribution in [0.25, 0.3) is 5.69 Å². The molecule has 0 fully saturated rings. The van der Waals surface area contributed by atoms with Crippen LogP contribution in [0.3, 0.4) is 0 Å². The first-order valence-corrected chi connectivity index (χ1v) is 7.54. The van der Waals surface area contributed by atoms with E-state index in [0.717, 1.165) is 18.5 Å². The normalized spacial score (nSPS) is 20.8. The van der Waals surface area contributed by atoms with Crippen molar-refractivity contribution in [1.82, 2.24) is 4.57 Å².